The molecule has 2 heteroatoms. The topological polar surface area (TPSA) is 21.3 Å². The summed E-state index contributed by atoms with van der Waals surface area (Å²) in [5.41, 5.74) is 1.44. The minimum absolute atomic E-state index is 0.533. The molecule has 0 amide bonds. The quantitative estimate of drug-likeness (QED) is 0.840. The highest BCUT2D eigenvalue weighted by molar-refractivity contribution is 5.30. The van der Waals surface area contributed by atoms with Crippen LogP contribution in [0.1, 0.15) is 51.1 Å². The number of benzene rings is 1. The first-order valence-corrected chi connectivity index (χ1v) is 8.28. The summed E-state index contributed by atoms with van der Waals surface area (Å²) in [6.07, 6.45) is 5.83. The smallest absolute Gasteiger partial charge is 0.119 e. The van der Waals surface area contributed by atoms with Crippen LogP contribution in [0.25, 0.3) is 0 Å². The zero-order chi connectivity index (χ0) is 13.9. The maximum atomic E-state index is 5.55. The summed E-state index contributed by atoms with van der Waals surface area (Å²) in [6.45, 7) is 6.04. The van der Waals surface area contributed by atoms with E-state index in [1.165, 1.54) is 31.2 Å². The van der Waals surface area contributed by atoms with Gasteiger partial charge in [0.05, 0.1) is 6.61 Å². The van der Waals surface area contributed by atoms with Crippen molar-refractivity contribution < 1.29 is 4.74 Å². The van der Waals surface area contributed by atoms with Gasteiger partial charge in [0.25, 0.3) is 0 Å². The lowest BCUT2D eigenvalue weighted by Crippen LogP contribution is -2.31. The molecule has 1 aromatic rings. The standard InChI is InChI=1S/C18H27NO/c1-3-19-18(17-12-13-5-6-15(17)11-13)14-7-9-16(10-8-14)20-4-2/h7-10,13,15,17-19H,3-6,11-12H2,1-2H3. The summed E-state index contributed by atoms with van der Waals surface area (Å²) in [6, 6.07) is 9.28. The lowest BCUT2D eigenvalue weighted by atomic mass is 9.80. The van der Waals surface area contributed by atoms with E-state index in [2.05, 4.69) is 36.5 Å². The molecular formula is C18H27NO. The summed E-state index contributed by atoms with van der Waals surface area (Å²) in [4.78, 5) is 0. The molecule has 0 spiro atoms. The minimum atomic E-state index is 0.533. The molecule has 0 aromatic heterocycles. The van der Waals surface area contributed by atoms with Crippen LogP contribution in [-0.4, -0.2) is 13.2 Å². The van der Waals surface area contributed by atoms with Crippen LogP contribution in [0, 0.1) is 17.8 Å². The summed E-state index contributed by atoms with van der Waals surface area (Å²) in [7, 11) is 0. The fourth-order valence-electron chi connectivity index (χ4n) is 4.38. The minimum Gasteiger partial charge on any atom is -0.494 e. The van der Waals surface area contributed by atoms with E-state index < -0.39 is 0 Å². The van der Waals surface area contributed by atoms with E-state index in [9.17, 15) is 0 Å². The van der Waals surface area contributed by atoms with E-state index in [-0.39, 0.29) is 0 Å². The second kappa shape index (κ2) is 6.17. The molecule has 0 aliphatic heterocycles. The normalized spacial score (nSPS) is 29.6. The van der Waals surface area contributed by atoms with Crippen LogP contribution < -0.4 is 10.1 Å². The number of hydrogen-bond acceptors (Lipinski definition) is 2. The molecule has 0 saturated heterocycles. The number of hydrogen-bond donors (Lipinski definition) is 1. The SMILES string of the molecule is CCNC(c1ccc(OCC)cc1)C1CC2CCC1C2. The number of rotatable bonds is 6. The molecule has 2 fully saturated rings. The molecule has 2 nitrogen and oxygen atoms in total. The average Bonchev–Trinajstić information content (AvgIpc) is 3.09. The first-order chi connectivity index (χ1) is 9.81. The Morgan fingerprint density at radius 2 is 1.95 bits per heavy atom. The number of ether oxygens (including phenoxy) is 1. The van der Waals surface area contributed by atoms with Crippen molar-refractivity contribution in [3.05, 3.63) is 29.8 Å². The molecule has 4 unspecified atom stereocenters. The first kappa shape index (κ1) is 13.9. The maximum absolute atomic E-state index is 5.55. The molecule has 2 aliphatic rings. The largest absolute Gasteiger partial charge is 0.494 e. The Bertz CT molecular complexity index is 428. The van der Waals surface area contributed by atoms with Crippen molar-refractivity contribution in [1.29, 1.82) is 0 Å². The van der Waals surface area contributed by atoms with Crippen molar-refractivity contribution in [3.63, 3.8) is 0 Å². The lowest BCUT2D eigenvalue weighted by molar-refractivity contribution is 0.253. The Balaban J connectivity index is 1.76. The summed E-state index contributed by atoms with van der Waals surface area (Å²) >= 11 is 0. The summed E-state index contributed by atoms with van der Waals surface area (Å²) in [5.74, 6) is 3.79. The van der Waals surface area contributed by atoms with E-state index in [0.29, 0.717) is 6.04 Å². The van der Waals surface area contributed by atoms with E-state index in [4.69, 9.17) is 4.74 Å². The maximum Gasteiger partial charge on any atom is 0.119 e. The van der Waals surface area contributed by atoms with Crippen molar-refractivity contribution >= 4 is 0 Å². The number of nitrogens with one attached hydrogen (secondary N) is 1. The van der Waals surface area contributed by atoms with Crippen molar-refractivity contribution in [2.75, 3.05) is 13.2 Å². The predicted octanol–water partition coefficient (Wildman–Crippen LogP) is 4.17. The van der Waals surface area contributed by atoms with Gasteiger partial charge in [-0.1, -0.05) is 25.5 Å². The van der Waals surface area contributed by atoms with Crippen molar-refractivity contribution in [2.45, 2.75) is 45.6 Å². The van der Waals surface area contributed by atoms with Gasteiger partial charge in [0.15, 0.2) is 0 Å². The van der Waals surface area contributed by atoms with Gasteiger partial charge in [0.1, 0.15) is 5.75 Å². The van der Waals surface area contributed by atoms with Crippen molar-refractivity contribution in [3.8, 4) is 5.75 Å². The van der Waals surface area contributed by atoms with E-state index >= 15 is 0 Å². The van der Waals surface area contributed by atoms with Gasteiger partial charge in [0.2, 0.25) is 0 Å². The third-order valence-corrected chi connectivity index (χ3v) is 5.20. The molecule has 1 aromatic carbocycles. The van der Waals surface area contributed by atoms with Gasteiger partial charge in [-0.3, -0.25) is 0 Å². The van der Waals surface area contributed by atoms with Gasteiger partial charge in [-0.05, 0) is 68.2 Å². The van der Waals surface area contributed by atoms with Crippen LogP contribution in [0.4, 0.5) is 0 Å². The molecule has 110 valence electrons. The van der Waals surface area contributed by atoms with Gasteiger partial charge >= 0.3 is 0 Å². The highest BCUT2D eigenvalue weighted by Crippen LogP contribution is 2.52. The zero-order valence-corrected chi connectivity index (χ0v) is 12.8. The van der Waals surface area contributed by atoms with Crippen LogP contribution >= 0.6 is 0 Å². The Kier molecular flexibility index (Phi) is 4.30. The first-order valence-electron chi connectivity index (χ1n) is 8.28. The van der Waals surface area contributed by atoms with Gasteiger partial charge < -0.3 is 10.1 Å². The summed E-state index contributed by atoms with van der Waals surface area (Å²) < 4.78 is 5.55. The highest BCUT2D eigenvalue weighted by atomic mass is 16.5. The molecule has 0 heterocycles. The monoisotopic (exact) mass is 273 g/mol. The van der Waals surface area contributed by atoms with Crippen LogP contribution in [0.15, 0.2) is 24.3 Å². The predicted molar refractivity (Wildman–Crippen MR) is 83.0 cm³/mol. The van der Waals surface area contributed by atoms with Crippen LogP contribution in [-0.2, 0) is 0 Å². The number of fused-ring (bicyclic) bond motifs is 2. The molecule has 0 radical (unpaired) electrons. The molecule has 2 saturated carbocycles. The van der Waals surface area contributed by atoms with Crippen LogP contribution in [0.5, 0.6) is 5.75 Å². The second-order valence-corrected chi connectivity index (χ2v) is 6.38. The van der Waals surface area contributed by atoms with Gasteiger partial charge in [-0.15, -0.1) is 0 Å². The van der Waals surface area contributed by atoms with Crippen LogP contribution in [0.2, 0.25) is 0 Å². The molecule has 4 atom stereocenters. The third-order valence-electron chi connectivity index (χ3n) is 5.20. The van der Waals surface area contributed by atoms with Gasteiger partial charge in [-0.2, -0.15) is 0 Å². The summed E-state index contributed by atoms with van der Waals surface area (Å²) in [5, 5.41) is 3.74. The zero-order valence-electron chi connectivity index (χ0n) is 12.8. The second-order valence-electron chi connectivity index (χ2n) is 6.38. The fourth-order valence-corrected chi connectivity index (χ4v) is 4.38. The molecule has 2 bridgehead atoms. The van der Waals surface area contributed by atoms with Gasteiger partial charge in [-0.25, -0.2) is 0 Å². The Labute approximate surface area is 122 Å². The molecule has 3 rings (SSSR count). The average molecular weight is 273 g/mol. The third kappa shape index (κ3) is 2.71. The Morgan fingerprint density at radius 1 is 1.15 bits per heavy atom. The van der Waals surface area contributed by atoms with Crippen molar-refractivity contribution in [1.82, 2.24) is 5.32 Å². The Hall–Kier alpha value is -1.02. The van der Waals surface area contributed by atoms with E-state index in [1.54, 1.807) is 0 Å². The fraction of sp³-hybridized carbons (Fsp3) is 0.667. The molecule has 2 aliphatic carbocycles. The van der Waals surface area contributed by atoms with Gasteiger partial charge in [0, 0.05) is 6.04 Å². The van der Waals surface area contributed by atoms with E-state index in [1.807, 2.05) is 6.92 Å². The highest BCUT2D eigenvalue weighted by Gasteiger charge is 2.43. The van der Waals surface area contributed by atoms with Crippen molar-refractivity contribution in [2.24, 2.45) is 17.8 Å². The lowest BCUT2D eigenvalue weighted by Gasteiger charge is -2.31. The molecule has 1 N–H and O–H groups in total. The van der Waals surface area contributed by atoms with E-state index in [0.717, 1.165) is 36.7 Å². The molecular weight excluding hydrogens is 246 g/mol. The van der Waals surface area contributed by atoms with Crippen LogP contribution in [0.3, 0.4) is 0 Å². The Morgan fingerprint density at radius 3 is 2.50 bits per heavy atom. The molecule has 20 heavy (non-hydrogen) atoms.